The summed E-state index contributed by atoms with van der Waals surface area (Å²) in [5.41, 5.74) is 8.75. The Morgan fingerprint density at radius 3 is 2.62 bits per heavy atom. The molecule has 0 radical (unpaired) electrons. The molecule has 11 heteroatoms. The molecule has 0 bridgehead atoms. The number of hydrogen-bond donors (Lipinski definition) is 2. The molecule has 2 aliphatic heterocycles. The van der Waals surface area contributed by atoms with E-state index < -0.39 is 11.9 Å². The molecule has 3 amide bonds. The van der Waals surface area contributed by atoms with Crippen LogP contribution in [0.1, 0.15) is 70.6 Å². The second-order valence-corrected chi connectivity index (χ2v) is 12.8. The Morgan fingerprint density at radius 2 is 1.90 bits per heavy atom. The highest BCUT2D eigenvalue weighted by Crippen LogP contribution is 2.37. The van der Waals surface area contributed by atoms with E-state index in [1.165, 1.54) is 0 Å². The molecule has 0 aliphatic carbocycles. The number of rotatable bonds is 11. The van der Waals surface area contributed by atoms with Crippen LogP contribution in [0.3, 0.4) is 0 Å². The summed E-state index contributed by atoms with van der Waals surface area (Å²) in [6.45, 7) is 7.79. The third-order valence-electron chi connectivity index (χ3n) is 9.12. The van der Waals surface area contributed by atoms with E-state index in [1.54, 1.807) is 11.0 Å². The number of fused-ring (bicyclic) bond motifs is 1. The van der Waals surface area contributed by atoms with Gasteiger partial charge in [0.25, 0.3) is 5.91 Å². The summed E-state index contributed by atoms with van der Waals surface area (Å²) in [5.74, 6) is -0.109. The SMILES string of the molecule is Cc1ccc(-c2c(C)noc2C)cc1N(CCCCCNc1ccc2c(c1)CN(C1CCC(=O)NC1=O)C2=O)c1ccc(C#N)c(Cl)c1. The first-order valence-electron chi connectivity index (χ1n) is 16.2. The van der Waals surface area contributed by atoms with E-state index in [-0.39, 0.29) is 18.2 Å². The van der Waals surface area contributed by atoms with Gasteiger partial charge in [-0.2, -0.15) is 5.26 Å². The molecular weight excluding hydrogens is 628 g/mol. The number of aryl methyl sites for hydroxylation is 3. The highest BCUT2D eigenvalue weighted by Gasteiger charge is 2.39. The minimum absolute atomic E-state index is 0.174. The molecule has 1 saturated heterocycles. The minimum atomic E-state index is -0.624. The number of hydrogen-bond acceptors (Lipinski definition) is 8. The third-order valence-corrected chi connectivity index (χ3v) is 9.43. The summed E-state index contributed by atoms with van der Waals surface area (Å²) in [6.07, 6.45) is 3.38. The quantitative estimate of drug-likeness (QED) is 0.130. The Kier molecular flexibility index (Phi) is 9.51. The second-order valence-electron chi connectivity index (χ2n) is 12.4. The van der Waals surface area contributed by atoms with Crippen LogP contribution in [0.5, 0.6) is 0 Å². The monoisotopic (exact) mass is 664 g/mol. The van der Waals surface area contributed by atoms with Crippen molar-refractivity contribution in [3.8, 4) is 17.2 Å². The first kappa shape index (κ1) is 32.8. The molecule has 1 aromatic heterocycles. The van der Waals surface area contributed by atoms with Crippen LogP contribution in [0.2, 0.25) is 5.02 Å². The Morgan fingerprint density at radius 1 is 1.06 bits per heavy atom. The average Bonchev–Trinajstić information content (AvgIpc) is 3.58. The maximum atomic E-state index is 13.0. The molecule has 3 heterocycles. The van der Waals surface area contributed by atoms with E-state index in [0.717, 1.165) is 83.1 Å². The number of imide groups is 1. The van der Waals surface area contributed by atoms with E-state index in [4.69, 9.17) is 16.1 Å². The van der Waals surface area contributed by atoms with E-state index in [0.29, 0.717) is 29.1 Å². The molecular formula is C37H37ClN6O4. The van der Waals surface area contributed by atoms with Crippen LogP contribution < -0.4 is 15.5 Å². The van der Waals surface area contributed by atoms with Gasteiger partial charge in [0, 0.05) is 54.2 Å². The van der Waals surface area contributed by atoms with Gasteiger partial charge in [0.1, 0.15) is 17.9 Å². The molecule has 10 nitrogen and oxygen atoms in total. The number of benzene rings is 3. The Bertz CT molecular complexity index is 1930. The second kappa shape index (κ2) is 13.9. The lowest BCUT2D eigenvalue weighted by atomic mass is 10.0. The van der Waals surface area contributed by atoms with E-state index >= 15 is 0 Å². The summed E-state index contributed by atoms with van der Waals surface area (Å²) in [5, 5.41) is 19.8. The minimum Gasteiger partial charge on any atom is -0.385 e. The molecule has 0 spiro atoms. The number of anilines is 3. The van der Waals surface area contributed by atoms with Crippen molar-refractivity contribution in [3.63, 3.8) is 0 Å². The topological polar surface area (TPSA) is 132 Å². The lowest BCUT2D eigenvalue weighted by Crippen LogP contribution is -2.52. The number of nitrogens with zero attached hydrogens (tertiary/aromatic N) is 4. The number of halogens is 1. The van der Waals surface area contributed by atoms with Gasteiger partial charge in [0.2, 0.25) is 11.8 Å². The van der Waals surface area contributed by atoms with Gasteiger partial charge in [0.15, 0.2) is 0 Å². The van der Waals surface area contributed by atoms with Crippen molar-refractivity contribution >= 4 is 46.4 Å². The lowest BCUT2D eigenvalue weighted by Gasteiger charge is -2.29. The number of amides is 3. The molecule has 3 aromatic carbocycles. The van der Waals surface area contributed by atoms with Crippen LogP contribution in [-0.4, -0.2) is 46.9 Å². The summed E-state index contributed by atoms with van der Waals surface area (Å²) < 4.78 is 5.44. The largest absolute Gasteiger partial charge is 0.385 e. The molecule has 1 atom stereocenters. The molecule has 1 fully saturated rings. The summed E-state index contributed by atoms with van der Waals surface area (Å²) in [7, 11) is 0. The summed E-state index contributed by atoms with van der Waals surface area (Å²) in [4.78, 5) is 40.8. The maximum Gasteiger partial charge on any atom is 0.255 e. The maximum absolute atomic E-state index is 13.0. The fraction of sp³-hybridized carbons (Fsp3) is 0.324. The zero-order valence-electron chi connectivity index (χ0n) is 27.2. The van der Waals surface area contributed by atoms with Gasteiger partial charge in [-0.1, -0.05) is 28.9 Å². The molecule has 246 valence electrons. The zero-order chi connectivity index (χ0) is 33.9. The van der Waals surface area contributed by atoms with Crippen LogP contribution in [0.4, 0.5) is 17.1 Å². The Hall–Kier alpha value is -5.14. The predicted octanol–water partition coefficient (Wildman–Crippen LogP) is 6.97. The van der Waals surface area contributed by atoms with Crippen molar-refractivity contribution in [2.45, 2.75) is 65.5 Å². The predicted molar refractivity (Wildman–Crippen MR) is 184 cm³/mol. The number of nitrogens with one attached hydrogen (secondary N) is 2. The fourth-order valence-corrected chi connectivity index (χ4v) is 6.81. The third kappa shape index (κ3) is 6.64. The van der Waals surface area contributed by atoms with Crippen LogP contribution in [0.15, 0.2) is 59.1 Å². The normalized spacial score (nSPS) is 15.7. The molecule has 1 unspecified atom stereocenters. The van der Waals surface area contributed by atoms with E-state index in [9.17, 15) is 19.6 Å². The highest BCUT2D eigenvalue weighted by molar-refractivity contribution is 6.32. The summed E-state index contributed by atoms with van der Waals surface area (Å²) >= 11 is 6.49. The first-order chi connectivity index (χ1) is 23.1. The smallest absolute Gasteiger partial charge is 0.255 e. The molecule has 2 N–H and O–H groups in total. The van der Waals surface area contributed by atoms with Crippen molar-refractivity contribution in [1.29, 1.82) is 5.26 Å². The first-order valence-corrected chi connectivity index (χ1v) is 16.5. The Labute approximate surface area is 284 Å². The number of nitriles is 1. The fourth-order valence-electron chi connectivity index (χ4n) is 6.59. The van der Waals surface area contributed by atoms with Gasteiger partial charge < -0.3 is 19.6 Å². The van der Waals surface area contributed by atoms with Gasteiger partial charge in [-0.15, -0.1) is 0 Å². The number of carbonyl (C=O) groups is 3. The van der Waals surface area contributed by atoms with Crippen molar-refractivity contribution in [3.05, 3.63) is 93.3 Å². The molecule has 2 aliphatic rings. The summed E-state index contributed by atoms with van der Waals surface area (Å²) in [6, 6.07) is 19.1. The molecule has 4 aromatic rings. The van der Waals surface area contributed by atoms with E-state index in [1.807, 2.05) is 44.2 Å². The zero-order valence-corrected chi connectivity index (χ0v) is 28.0. The van der Waals surface area contributed by atoms with Gasteiger partial charge >= 0.3 is 0 Å². The van der Waals surface area contributed by atoms with Crippen LogP contribution in [-0.2, 0) is 16.1 Å². The van der Waals surface area contributed by atoms with Gasteiger partial charge in [0.05, 0.1) is 16.3 Å². The van der Waals surface area contributed by atoms with Crippen molar-refractivity contribution in [2.24, 2.45) is 0 Å². The number of piperidine rings is 1. The average molecular weight is 665 g/mol. The Balaban J connectivity index is 1.09. The van der Waals surface area contributed by atoms with Crippen molar-refractivity contribution in [2.75, 3.05) is 23.3 Å². The van der Waals surface area contributed by atoms with Crippen LogP contribution >= 0.6 is 11.6 Å². The van der Waals surface area contributed by atoms with Gasteiger partial charge in [-0.05, 0) is 106 Å². The molecule has 6 rings (SSSR count). The van der Waals surface area contributed by atoms with Crippen LogP contribution in [0, 0.1) is 32.1 Å². The van der Waals surface area contributed by atoms with E-state index in [2.05, 4.69) is 51.9 Å². The van der Waals surface area contributed by atoms with Gasteiger partial charge in [-0.25, -0.2) is 0 Å². The number of unbranched alkanes of at least 4 members (excludes halogenated alkanes) is 2. The molecule has 48 heavy (non-hydrogen) atoms. The highest BCUT2D eigenvalue weighted by atomic mass is 35.5. The lowest BCUT2D eigenvalue weighted by molar-refractivity contribution is -0.136. The van der Waals surface area contributed by atoms with Gasteiger partial charge in [-0.3, -0.25) is 19.7 Å². The van der Waals surface area contributed by atoms with Crippen LogP contribution in [0.25, 0.3) is 11.1 Å². The standard InChI is InChI=1S/C37H37ClN6O4/c1-22-7-8-25(35-23(2)42-48-24(35)3)18-33(22)43(29-11-9-26(20-39)31(38)19-29)16-6-4-5-15-40-28-10-12-30-27(17-28)21-44(37(30)47)32-13-14-34(45)41-36(32)46/h7-12,17-19,32,40H,4-6,13-16,21H2,1-3H3,(H,41,45,46). The number of carbonyl (C=O) groups excluding carboxylic acids is 3. The van der Waals surface area contributed by atoms with Crippen molar-refractivity contribution in [1.82, 2.24) is 15.4 Å². The van der Waals surface area contributed by atoms with Crippen molar-refractivity contribution < 1.29 is 18.9 Å². The molecule has 0 saturated carbocycles. The number of aromatic nitrogens is 1.